The van der Waals surface area contributed by atoms with Gasteiger partial charge in [0.25, 0.3) is 5.91 Å². The number of ether oxygens (including phenoxy) is 1. The third-order valence-electron chi connectivity index (χ3n) is 4.26. The van der Waals surface area contributed by atoms with Crippen molar-refractivity contribution in [2.24, 2.45) is 0 Å². The third-order valence-corrected chi connectivity index (χ3v) is 4.26. The standard InChI is InChI=1S/C17H18N2O2/c20-17(16-15(5-7-18-16)11-1-2-11)19-14-4-3-13-10-21-8-6-12(13)9-14/h3-5,7,9,11,18H,1-2,6,8,10H2,(H,19,20). The van der Waals surface area contributed by atoms with Crippen LogP contribution in [0.3, 0.4) is 0 Å². The molecule has 1 aromatic heterocycles. The van der Waals surface area contributed by atoms with Crippen molar-refractivity contribution in [2.45, 2.75) is 31.8 Å². The number of anilines is 1. The zero-order chi connectivity index (χ0) is 14.2. The number of fused-ring (bicyclic) bond motifs is 1. The number of aromatic amines is 1. The molecule has 1 saturated carbocycles. The van der Waals surface area contributed by atoms with Crippen molar-refractivity contribution in [1.29, 1.82) is 0 Å². The maximum atomic E-state index is 12.4. The van der Waals surface area contributed by atoms with E-state index < -0.39 is 0 Å². The molecule has 2 aromatic rings. The van der Waals surface area contributed by atoms with Crippen LogP contribution in [-0.2, 0) is 17.8 Å². The fourth-order valence-electron chi connectivity index (χ4n) is 2.95. The lowest BCUT2D eigenvalue weighted by Crippen LogP contribution is -2.15. The Morgan fingerprint density at radius 2 is 2.14 bits per heavy atom. The minimum absolute atomic E-state index is 0.0473. The van der Waals surface area contributed by atoms with Gasteiger partial charge in [-0.25, -0.2) is 0 Å². The van der Waals surface area contributed by atoms with E-state index in [4.69, 9.17) is 4.74 Å². The zero-order valence-electron chi connectivity index (χ0n) is 11.8. The van der Waals surface area contributed by atoms with Crippen LogP contribution in [0.2, 0.25) is 0 Å². The van der Waals surface area contributed by atoms with Gasteiger partial charge >= 0.3 is 0 Å². The van der Waals surface area contributed by atoms with Crippen molar-refractivity contribution < 1.29 is 9.53 Å². The number of benzene rings is 1. The number of carbonyl (C=O) groups excluding carboxylic acids is 1. The highest BCUT2D eigenvalue weighted by Crippen LogP contribution is 2.41. The third kappa shape index (κ3) is 2.47. The number of carbonyl (C=O) groups is 1. The number of nitrogens with one attached hydrogen (secondary N) is 2. The summed E-state index contributed by atoms with van der Waals surface area (Å²) in [4.78, 5) is 15.5. The first-order chi connectivity index (χ1) is 10.3. The van der Waals surface area contributed by atoms with E-state index in [0.717, 1.165) is 24.3 Å². The molecule has 4 heteroatoms. The first-order valence-electron chi connectivity index (χ1n) is 7.49. The predicted octanol–water partition coefficient (Wildman–Crippen LogP) is 3.22. The summed E-state index contributed by atoms with van der Waals surface area (Å²) in [5.74, 6) is 0.520. The topological polar surface area (TPSA) is 54.1 Å². The monoisotopic (exact) mass is 282 g/mol. The molecule has 4 nitrogen and oxygen atoms in total. The minimum atomic E-state index is -0.0473. The number of H-pyrrole nitrogens is 1. The fraction of sp³-hybridized carbons (Fsp3) is 0.353. The van der Waals surface area contributed by atoms with Gasteiger partial charge in [0.05, 0.1) is 13.2 Å². The number of amides is 1. The van der Waals surface area contributed by atoms with Crippen LogP contribution in [0.15, 0.2) is 30.5 Å². The summed E-state index contributed by atoms with van der Waals surface area (Å²) in [6, 6.07) is 8.08. The van der Waals surface area contributed by atoms with Gasteiger partial charge in [-0.05, 0) is 60.1 Å². The first-order valence-corrected chi connectivity index (χ1v) is 7.49. The number of aromatic nitrogens is 1. The van der Waals surface area contributed by atoms with Crippen LogP contribution in [0.4, 0.5) is 5.69 Å². The Kier molecular flexibility index (Phi) is 3.04. The second-order valence-electron chi connectivity index (χ2n) is 5.82. The van der Waals surface area contributed by atoms with E-state index >= 15 is 0 Å². The van der Waals surface area contributed by atoms with Gasteiger partial charge in [0.1, 0.15) is 5.69 Å². The van der Waals surface area contributed by atoms with Crippen molar-refractivity contribution in [3.05, 3.63) is 52.8 Å². The van der Waals surface area contributed by atoms with Crippen LogP contribution in [0.5, 0.6) is 0 Å². The Morgan fingerprint density at radius 1 is 1.24 bits per heavy atom. The molecule has 1 aliphatic heterocycles. The molecule has 108 valence electrons. The molecule has 4 rings (SSSR count). The maximum absolute atomic E-state index is 12.4. The lowest BCUT2D eigenvalue weighted by atomic mass is 10.0. The molecule has 2 N–H and O–H groups in total. The molecule has 1 aromatic carbocycles. The summed E-state index contributed by atoms with van der Waals surface area (Å²) in [5.41, 5.74) is 5.21. The summed E-state index contributed by atoms with van der Waals surface area (Å²) in [5, 5.41) is 3.01. The molecule has 1 amide bonds. The second-order valence-corrected chi connectivity index (χ2v) is 5.82. The molecule has 1 fully saturated rings. The molecule has 0 bridgehead atoms. The van der Waals surface area contributed by atoms with E-state index in [0.29, 0.717) is 18.2 Å². The Bertz CT molecular complexity index is 686. The molecule has 21 heavy (non-hydrogen) atoms. The van der Waals surface area contributed by atoms with Crippen LogP contribution in [-0.4, -0.2) is 17.5 Å². The maximum Gasteiger partial charge on any atom is 0.272 e. The fourth-order valence-corrected chi connectivity index (χ4v) is 2.95. The van der Waals surface area contributed by atoms with Crippen molar-refractivity contribution in [3.63, 3.8) is 0 Å². The van der Waals surface area contributed by atoms with Gasteiger partial charge in [0.15, 0.2) is 0 Å². The Balaban J connectivity index is 1.55. The zero-order valence-corrected chi connectivity index (χ0v) is 11.8. The van der Waals surface area contributed by atoms with Gasteiger partial charge in [-0.1, -0.05) is 6.07 Å². The molecule has 0 atom stereocenters. The molecule has 2 heterocycles. The highest BCUT2D eigenvalue weighted by molar-refractivity contribution is 6.04. The van der Waals surface area contributed by atoms with Crippen LogP contribution in [0, 0.1) is 0 Å². The van der Waals surface area contributed by atoms with Gasteiger partial charge in [-0.3, -0.25) is 4.79 Å². The second kappa shape index (κ2) is 5.04. The van der Waals surface area contributed by atoms with Crippen LogP contribution < -0.4 is 5.32 Å². The molecule has 0 spiro atoms. The summed E-state index contributed by atoms with van der Waals surface area (Å²) in [6.45, 7) is 1.43. The number of hydrogen-bond acceptors (Lipinski definition) is 2. The van der Waals surface area contributed by atoms with Gasteiger partial charge in [-0.15, -0.1) is 0 Å². The van der Waals surface area contributed by atoms with E-state index in [9.17, 15) is 4.79 Å². The smallest absolute Gasteiger partial charge is 0.272 e. The highest BCUT2D eigenvalue weighted by atomic mass is 16.5. The minimum Gasteiger partial charge on any atom is -0.376 e. The Morgan fingerprint density at radius 3 is 3.00 bits per heavy atom. The molecule has 1 aliphatic carbocycles. The molecule has 0 saturated heterocycles. The first kappa shape index (κ1) is 12.7. The molecule has 2 aliphatic rings. The summed E-state index contributed by atoms with van der Waals surface area (Å²) < 4.78 is 5.43. The average Bonchev–Trinajstić information content (AvgIpc) is 3.24. The average molecular weight is 282 g/mol. The summed E-state index contributed by atoms with van der Waals surface area (Å²) >= 11 is 0. The van der Waals surface area contributed by atoms with Crippen molar-refractivity contribution in [1.82, 2.24) is 4.98 Å². The van der Waals surface area contributed by atoms with Gasteiger partial charge in [0.2, 0.25) is 0 Å². The normalized spacial score (nSPS) is 17.3. The SMILES string of the molecule is O=C(Nc1ccc2c(c1)CCOC2)c1[nH]ccc1C1CC1. The van der Waals surface area contributed by atoms with Crippen molar-refractivity contribution in [2.75, 3.05) is 11.9 Å². The van der Waals surface area contributed by atoms with E-state index in [-0.39, 0.29) is 5.91 Å². The van der Waals surface area contributed by atoms with Crippen molar-refractivity contribution >= 4 is 11.6 Å². The van der Waals surface area contributed by atoms with Crippen LogP contribution in [0.1, 0.15) is 45.9 Å². The Hall–Kier alpha value is -2.07. The van der Waals surface area contributed by atoms with E-state index in [2.05, 4.69) is 16.4 Å². The largest absolute Gasteiger partial charge is 0.376 e. The molecular formula is C17H18N2O2. The van der Waals surface area contributed by atoms with Gasteiger partial charge < -0.3 is 15.0 Å². The lowest BCUT2D eigenvalue weighted by Gasteiger charge is -2.17. The summed E-state index contributed by atoms with van der Waals surface area (Å²) in [6.07, 6.45) is 5.15. The van der Waals surface area contributed by atoms with E-state index in [1.165, 1.54) is 24.0 Å². The van der Waals surface area contributed by atoms with Crippen molar-refractivity contribution in [3.8, 4) is 0 Å². The molecule has 0 radical (unpaired) electrons. The predicted molar refractivity (Wildman–Crippen MR) is 80.5 cm³/mol. The number of rotatable bonds is 3. The summed E-state index contributed by atoms with van der Waals surface area (Å²) in [7, 11) is 0. The molecular weight excluding hydrogens is 264 g/mol. The highest BCUT2D eigenvalue weighted by Gasteiger charge is 2.28. The van der Waals surface area contributed by atoms with Crippen LogP contribution >= 0.6 is 0 Å². The van der Waals surface area contributed by atoms with E-state index in [1.54, 1.807) is 0 Å². The number of hydrogen-bond donors (Lipinski definition) is 2. The van der Waals surface area contributed by atoms with Crippen LogP contribution in [0.25, 0.3) is 0 Å². The molecule has 0 unspecified atom stereocenters. The van der Waals surface area contributed by atoms with Gasteiger partial charge in [-0.2, -0.15) is 0 Å². The Labute approximate surface area is 123 Å². The van der Waals surface area contributed by atoms with Gasteiger partial charge in [0, 0.05) is 11.9 Å². The lowest BCUT2D eigenvalue weighted by molar-refractivity contribution is 0.102. The quantitative estimate of drug-likeness (QED) is 0.908. The van der Waals surface area contributed by atoms with E-state index in [1.807, 2.05) is 24.4 Å².